The Bertz CT molecular complexity index is 954. The molecule has 8 nitrogen and oxygen atoms in total. The fourth-order valence-corrected chi connectivity index (χ4v) is 6.18. The zero-order chi connectivity index (χ0) is 21.8. The van der Waals surface area contributed by atoms with Crippen molar-refractivity contribution in [2.75, 3.05) is 5.32 Å². The first-order chi connectivity index (χ1) is 14.9. The summed E-state index contributed by atoms with van der Waals surface area (Å²) in [6.45, 7) is 0. The van der Waals surface area contributed by atoms with Gasteiger partial charge in [-0.1, -0.05) is 43.9 Å². The number of nitrogens with one attached hydrogen (secondary N) is 2. The lowest BCUT2D eigenvalue weighted by Crippen LogP contribution is -2.54. The number of carbonyl (C=O) groups is 4. The molecule has 1 aromatic carbocycles. The van der Waals surface area contributed by atoms with Gasteiger partial charge in [0, 0.05) is 29.8 Å². The number of carboxylic acid groups (broad SMARTS) is 1. The maximum atomic E-state index is 13.8. The lowest BCUT2D eigenvalue weighted by atomic mass is 9.76. The average molecular weight is 425 g/mol. The highest BCUT2D eigenvalue weighted by atomic mass is 16.4. The summed E-state index contributed by atoms with van der Waals surface area (Å²) in [5.74, 6) is -3.44. The van der Waals surface area contributed by atoms with Crippen LogP contribution in [0.3, 0.4) is 0 Å². The molecule has 4 atom stereocenters. The zero-order valence-corrected chi connectivity index (χ0v) is 17.3. The minimum atomic E-state index is -1.34. The standard InChI is InChI=1S/C23H27N3O5/c27-17(28)12-11-16-18-19(21(30)26(20(18)29)13-7-3-1-2-4-8-13)23(25-16)14-9-5-6-10-15(14)24-22(23)31/h5-6,9-10,13,16,18-19,25H,1-4,7-8,11-12H2,(H,24,31)(H,27,28)/t16-,18+,19+,23-/m0/s1. The van der Waals surface area contributed by atoms with Gasteiger partial charge in [-0.2, -0.15) is 0 Å². The number of fused-ring (bicyclic) bond motifs is 4. The monoisotopic (exact) mass is 425 g/mol. The molecule has 0 bridgehead atoms. The Balaban J connectivity index is 1.58. The Labute approximate surface area is 180 Å². The first-order valence-electron chi connectivity index (χ1n) is 11.2. The normalized spacial score (nSPS) is 32.8. The van der Waals surface area contributed by atoms with E-state index >= 15 is 0 Å². The van der Waals surface area contributed by atoms with Crippen molar-refractivity contribution in [1.82, 2.24) is 10.2 Å². The molecule has 3 amide bonds. The lowest BCUT2D eigenvalue weighted by Gasteiger charge is -2.32. The summed E-state index contributed by atoms with van der Waals surface area (Å²) in [6.07, 6.45) is 5.79. The first-order valence-corrected chi connectivity index (χ1v) is 11.2. The van der Waals surface area contributed by atoms with Crippen molar-refractivity contribution in [1.29, 1.82) is 0 Å². The van der Waals surface area contributed by atoms with E-state index in [0.29, 0.717) is 11.3 Å². The molecule has 3 fully saturated rings. The minimum Gasteiger partial charge on any atom is -0.481 e. The summed E-state index contributed by atoms with van der Waals surface area (Å²) in [5.41, 5.74) is -0.0427. The number of anilines is 1. The number of hydrogen-bond donors (Lipinski definition) is 3. The molecule has 1 aliphatic carbocycles. The largest absolute Gasteiger partial charge is 0.481 e. The summed E-state index contributed by atoms with van der Waals surface area (Å²) in [6, 6.07) is 6.53. The number of rotatable bonds is 4. The van der Waals surface area contributed by atoms with Crippen LogP contribution in [0.4, 0.5) is 5.69 Å². The van der Waals surface area contributed by atoms with Crippen molar-refractivity contribution in [2.24, 2.45) is 11.8 Å². The molecule has 5 rings (SSSR count). The number of para-hydroxylation sites is 1. The molecule has 0 unspecified atom stereocenters. The van der Waals surface area contributed by atoms with Gasteiger partial charge in [0.1, 0.15) is 5.54 Å². The number of likely N-dealkylation sites (tertiary alicyclic amines) is 1. The molecule has 164 valence electrons. The Morgan fingerprint density at radius 3 is 2.48 bits per heavy atom. The SMILES string of the molecule is O=C(O)CC[C@@H]1N[C@]2(C(=O)Nc3ccccc32)[C@H]2C(=O)N(C3CCCCCC3)C(=O)[C@H]12. The van der Waals surface area contributed by atoms with E-state index in [1.807, 2.05) is 18.2 Å². The number of nitrogens with zero attached hydrogens (tertiary/aromatic N) is 1. The van der Waals surface area contributed by atoms with Crippen LogP contribution in [0, 0.1) is 11.8 Å². The van der Waals surface area contributed by atoms with Crippen LogP contribution >= 0.6 is 0 Å². The molecule has 0 radical (unpaired) electrons. The summed E-state index contributed by atoms with van der Waals surface area (Å²) < 4.78 is 0. The highest BCUT2D eigenvalue weighted by molar-refractivity contribution is 6.15. The molecule has 3 heterocycles. The van der Waals surface area contributed by atoms with Crippen molar-refractivity contribution in [3.8, 4) is 0 Å². The molecule has 1 aromatic rings. The maximum absolute atomic E-state index is 13.8. The van der Waals surface area contributed by atoms with Gasteiger partial charge in [0.2, 0.25) is 17.7 Å². The summed E-state index contributed by atoms with van der Waals surface area (Å²) >= 11 is 0. The molecular formula is C23H27N3O5. The van der Waals surface area contributed by atoms with Gasteiger partial charge in [-0.25, -0.2) is 0 Å². The summed E-state index contributed by atoms with van der Waals surface area (Å²) in [4.78, 5) is 53.4. The topological polar surface area (TPSA) is 116 Å². The number of amides is 3. The molecule has 0 aromatic heterocycles. The van der Waals surface area contributed by atoms with E-state index in [2.05, 4.69) is 10.6 Å². The van der Waals surface area contributed by atoms with Crippen LogP contribution < -0.4 is 10.6 Å². The van der Waals surface area contributed by atoms with Gasteiger partial charge in [-0.05, 0) is 25.3 Å². The Hall–Kier alpha value is -2.74. The predicted octanol–water partition coefficient (Wildman–Crippen LogP) is 1.99. The smallest absolute Gasteiger partial charge is 0.303 e. The second-order valence-electron chi connectivity index (χ2n) is 9.19. The number of benzene rings is 1. The van der Waals surface area contributed by atoms with Crippen LogP contribution in [-0.2, 0) is 24.7 Å². The zero-order valence-electron chi connectivity index (χ0n) is 17.3. The van der Waals surface area contributed by atoms with Crippen molar-refractivity contribution in [3.63, 3.8) is 0 Å². The Morgan fingerprint density at radius 1 is 1.06 bits per heavy atom. The van der Waals surface area contributed by atoms with E-state index < -0.39 is 29.4 Å². The summed E-state index contributed by atoms with van der Waals surface area (Å²) in [7, 11) is 0. The summed E-state index contributed by atoms with van der Waals surface area (Å²) in [5, 5.41) is 15.4. The number of imide groups is 1. The van der Waals surface area contributed by atoms with Gasteiger partial charge in [-0.3, -0.25) is 29.4 Å². The van der Waals surface area contributed by atoms with Gasteiger partial charge in [-0.15, -0.1) is 0 Å². The fraction of sp³-hybridized carbons (Fsp3) is 0.565. The number of carbonyl (C=O) groups excluding carboxylic acids is 3. The number of aliphatic carboxylic acids is 1. The van der Waals surface area contributed by atoms with Crippen LogP contribution in [0.1, 0.15) is 56.9 Å². The quantitative estimate of drug-likeness (QED) is 0.502. The van der Waals surface area contributed by atoms with E-state index in [4.69, 9.17) is 0 Å². The molecule has 1 saturated carbocycles. The van der Waals surface area contributed by atoms with Crippen molar-refractivity contribution >= 4 is 29.4 Å². The second kappa shape index (κ2) is 7.44. The Kier molecular flexibility index (Phi) is 4.84. The number of carboxylic acids is 1. The van der Waals surface area contributed by atoms with Crippen molar-refractivity contribution in [3.05, 3.63) is 29.8 Å². The third-order valence-electron chi connectivity index (χ3n) is 7.52. The highest BCUT2D eigenvalue weighted by Crippen LogP contribution is 2.54. The van der Waals surface area contributed by atoms with Crippen LogP contribution in [-0.4, -0.2) is 45.8 Å². The predicted molar refractivity (Wildman–Crippen MR) is 111 cm³/mol. The molecule has 2 saturated heterocycles. The van der Waals surface area contributed by atoms with Gasteiger partial charge in [0.25, 0.3) is 0 Å². The lowest BCUT2D eigenvalue weighted by molar-refractivity contribution is -0.146. The van der Waals surface area contributed by atoms with Gasteiger partial charge >= 0.3 is 5.97 Å². The Morgan fingerprint density at radius 2 is 1.77 bits per heavy atom. The van der Waals surface area contributed by atoms with Gasteiger partial charge < -0.3 is 10.4 Å². The van der Waals surface area contributed by atoms with E-state index in [1.54, 1.807) is 6.07 Å². The van der Waals surface area contributed by atoms with Crippen LogP contribution in [0.2, 0.25) is 0 Å². The van der Waals surface area contributed by atoms with E-state index in [9.17, 15) is 24.3 Å². The molecule has 3 N–H and O–H groups in total. The molecule has 31 heavy (non-hydrogen) atoms. The van der Waals surface area contributed by atoms with Gasteiger partial charge in [0.15, 0.2) is 0 Å². The van der Waals surface area contributed by atoms with E-state index in [1.165, 1.54) is 4.90 Å². The first kappa shape index (κ1) is 20.2. The van der Waals surface area contributed by atoms with Gasteiger partial charge in [0.05, 0.1) is 11.8 Å². The van der Waals surface area contributed by atoms with Crippen molar-refractivity contribution in [2.45, 2.75) is 69.0 Å². The van der Waals surface area contributed by atoms with Crippen molar-refractivity contribution < 1.29 is 24.3 Å². The molecule has 1 spiro atoms. The van der Waals surface area contributed by atoms with Crippen LogP contribution in [0.25, 0.3) is 0 Å². The highest BCUT2D eigenvalue weighted by Gasteiger charge is 2.70. The molecule has 4 aliphatic rings. The minimum absolute atomic E-state index is 0.134. The maximum Gasteiger partial charge on any atom is 0.303 e. The second-order valence-corrected chi connectivity index (χ2v) is 9.19. The third kappa shape index (κ3) is 2.91. The molecule has 3 aliphatic heterocycles. The molecular weight excluding hydrogens is 398 g/mol. The van der Waals surface area contributed by atoms with Crippen LogP contribution in [0.5, 0.6) is 0 Å². The number of hydrogen-bond acceptors (Lipinski definition) is 5. The fourth-order valence-electron chi connectivity index (χ4n) is 6.18. The van der Waals surface area contributed by atoms with Crippen LogP contribution in [0.15, 0.2) is 24.3 Å². The average Bonchev–Trinajstić information content (AvgIpc) is 3.21. The van der Waals surface area contributed by atoms with E-state index in [0.717, 1.165) is 38.5 Å². The molecule has 8 heteroatoms. The van der Waals surface area contributed by atoms with E-state index in [-0.39, 0.29) is 36.6 Å². The third-order valence-corrected chi connectivity index (χ3v) is 7.52.